The van der Waals surface area contributed by atoms with Crippen LogP contribution in [0.25, 0.3) is 11.3 Å². The standard InChI is InChI=1S/C13H15N3/c1-16-13(11-8-14-9-11)7-12(15-16)10-5-3-2-4-6-10/h2-7,11,14H,8-9H2,1H3. The first-order chi connectivity index (χ1) is 7.84. The van der Waals surface area contributed by atoms with Crippen molar-refractivity contribution in [2.45, 2.75) is 5.92 Å². The minimum absolute atomic E-state index is 0.634. The van der Waals surface area contributed by atoms with Gasteiger partial charge in [-0.25, -0.2) is 0 Å². The molecule has 16 heavy (non-hydrogen) atoms. The molecular formula is C13H15N3. The second-order valence-electron chi connectivity index (χ2n) is 4.30. The molecule has 2 heterocycles. The SMILES string of the molecule is Cn1nc(-c2ccccc2)cc1C1CNC1. The Bertz CT molecular complexity index is 483. The zero-order valence-electron chi connectivity index (χ0n) is 9.35. The lowest BCUT2D eigenvalue weighted by Gasteiger charge is -2.26. The van der Waals surface area contributed by atoms with Gasteiger partial charge in [0.05, 0.1) is 5.69 Å². The maximum atomic E-state index is 4.57. The number of hydrogen-bond acceptors (Lipinski definition) is 2. The zero-order chi connectivity index (χ0) is 11.0. The van der Waals surface area contributed by atoms with Gasteiger partial charge in [-0.1, -0.05) is 30.3 Å². The average molecular weight is 213 g/mol. The van der Waals surface area contributed by atoms with Gasteiger partial charge in [0.15, 0.2) is 0 Å². The van der Waals surface area contributed by atoms with Crippen LogP contribution in [0.2, 0.25) is 0 Å². The molecule has 3 nitrogen and oxygen atoms in total. The molecule has 0 aliphatic carbocycles. The summed E-state index contributed by atoms with van der Waals surface area (Å²) in [5, 5.41) is 7.87. The Morgan fingerprint density at radius 3 is 2.62 bits per heavy atom. The molecular weight excluding hydrogens is 198 g/mol. The molecule has 1 N–H and O–H groups in total. The number of aromatic nitrogens is 2. The predicted octanol–water partition coefficient (Wildman–Crippen LogP) is 1.77. The van der Waals surface area contributed by atoms with E-state index in [2.05, 4.69) is 40.7 Å². The molecule has 0 spiro atoms. The summed E-state index contributed by atoms with van der Waals surface area (Å²) in [5.74, 6) is 0.634. The second-order valence-corrected chi connectivity index (χ2v) is 4.30. The summed E-state index contributed by atoms with van der Waals surface area (Å²) in [6.07, 6.45) is 0. The van der Waals surface area contributed by atoms with E-state index in [4.69, 9.17) is 0 Å². The average Bonchev–Trinajstić information content (AvgIpc) is 2.60. The molecule has 3 heteroatoms. The third-order valence-electron chi connectivity index (χ3n) is 3.19. The first-order valence-corrected chi connectivity index (χ1v) is 5.64. The lowest BCUT2D eigenvalue weighted by Crippen LogP contribution is -2.40. The first kappa shape index (κ1) is 9.60. The quantitative estimate of drug-likeness (QED) is 0.824. The van der Waals surface area contributed by atoms with E-state index in [1.54, 1.807) is 0 Å². The molecule has 0 atom stereocenters. The van der Waals surface area contributed by atoms with Crippen LogP contribution in [0.15, 0.2) is 36.4 Å². The highest BCUT2D eigenvalue weighted by atomic mass is 15.3. The fourth-order valence-electron chi connectivity index (χ4n) is 2.11. The van der Waals surface area contributed by atoms with Crippen LogP contribution in [-0.4, -0.2) is 22.9 Å². The Morgan fingerprint density at radius 1 is 1.25 bits per heavy atom. The van der Waals surface area contributed by atoms with Crippen LogP contribution >= 0.6 is 0 Å². The number of nitrogens with zero attached hydrogens (tertiary/aromatic N) is 2. The summed E-state index contributed by atoms with van der Waals surface area (Å²) < 4.78 is 2.01. The van der Waals surface area contributed by atoms with Gasteiger partial charge in [0.1, 0.15) is 0 Å². The topological polar surface area (TPSA) is 29.9 Å². The van der Waals surface area contributed by atoms with Gasteiger partial charge >= 0.3 is 0 Å². The van der Waals surface area contributed by atoms with Crippen molar-refractivity contribution in [2.24, 2.45) is 7.05 Å². The van der Waals surface area contributed by atoms with Crippen molar-refractivity contribution in [2.75, 3.05) is 13.1 Å². The van der Waals surface area contributed by atoms with E-state index in [1.807, 2.05) is 17.8 Å². The van der Waals surface area contributed by atoms with Crippen molar-refractivity contribution < 1.29 is 0 Å². The summed E-state index contributed by atoms with van der Waals surface area (Å²) in [5.41, 5.74) is 3.60. The van der Waals surface area contributed by atoms with E-state index in [0.717, 1.165) is 18.8 Å². The van der Waals surface area contributed by atoms with Crippen molar-refractivity contribution in [3.05, 3.63) is 42.1 Å². The maximum absolute atomic E-state index is 4.57. The van der Waals surface area contributed by atoms with E-state index in [1.165, 1.54) is 11.3 Å². The minimum Gasteiger partial charge on any atom is -0.315 e. The van der Waals surface area contributed by atoms with Crippen molar-refractivity contribution >= 4 is 0 Å². The Kier molecular flexibility index (Phi) is 2.26. The molecule has 0 unspecified atom stereocenters. The molecule has 1 aliphatic heterocycles. The summed E-state index contributed by atoms with van der Waals surface area (Å²) in [6, 6.07) is 12.5. The van der Waals surface area contributed by atoms with E-state index in [-0.39, 0.29) is 0 Å². The van der Waals surface area contributed by atoms with Gasteiger partial charge in [-0.05, 0) is 6.07 Å². The summed E-state index contributed by atoms with van der Waals surface area (Å²) >= 11 is 0. The van der Waals surface area contributed by atoms with Gasteiger partial charge in [-0.3, -0.25) is 4.68 Å². The monoisotopic (exact) mass is 213 g/mol. The molecule has 82 valence electrons. The molecule has 0 saturated carbocycles. The Morgan fingerprint density at radius 2 is 2.00 bits per heavy atom. The molecule has 1 saturated heterocycles. The number of benzene rings is 1. The van der Waals surface area contributed by atoms with E-state index in [9.17, 15) is 0 Å². The molecule has 0 radical (unpaired) electrons. The van der Waals surface area contributed by atoms with Gasteiger partial charge in [0.25, 0.3) is 0 Å². The number of aryl methyl sites for hydroxylation is 1. The highest BCUT2D eigenvalue weighted by Gasteiger charge is 2.22. The van der Waals surface area contributed by atoms with E-state index >= 15 is 0 Å². The van der Waals surface area contributed by atoms with Gasteiger partial charge in [-0.2, -0.15) is 5.10 Å². The minimum atomic E-state index is 0.634. The number of nitrogens with one attached hydrogen (secondary N) is 1. The summed E-state index contributed by atoms with van der Waals surface area (Å²) in [6.45, 7) is 2.15. The highest BCUT2D eigenvalue weighted by Crippen LogP contribution is 2.25. The molecule has 0 bridgehead atoms. The van der Waals surface area contributed by atoms with E-state index < -0.39 is 0 Å². The molecule has 0 amide bonds. The first-order valence-electron chi connectivity index (χ1n) is 5.64. The fourth-order valence-corrected chi connectivity index (χ4v) is 2.11. The Hall–Kier alpha value is -1.61. The third-order valence-corrected chi connectivity index (χ3v) is 3.19. The number of rotatable bonds is 2. The van der Waals surface area contributed by atoms with Gasteiger partial charge in [0.2, 0.25) is 0 Å². The van der Waals surface area contributed by atoms with Crippen LogP contribution < -0.4 is 5.32 Å². The van der Waals surface area contributed by atoms with Crippen molar-refractivity contribution in [1.29, 1.82) is 0 Å². The van der Waals surface area contributed by atoms with Gasteiger partial charge in [0, 0.05) is 37.3 Å². The Balaban J connectivity index is 1.97. The van der Waals surface area contributed by atoms with Crippen molar-refractivity contribution in [3.63, 3.8) is 0 Å². The molecule has 1 fully saturated rings. The van der Waals surface area contributed by atoms with Crippen LogP contribution in [0.4, 0.5) is 0 Å². The molecule has 1 aromatic carbocycles. The van der Waals surface area contributed by atoms with Crippen LogP contribution in [-0.2, 0) is 7.05 Å². The van der Waals surface area contributed by atoms with Crippen LogP contribution in [0.3, 0.4) is 0 Å². The Labute approximate surface area is 95.1 Å². The lowest BCUT2D eigenvalue weighted by molar-refractivity contribution is 0.424. The van der Waals surface area contributed by atoms with Crippen molar-refractivity contribution in [3.8, 4) is 11.3 Å². The molecule has 1 aliphatic rings. The maximum Gasteiger partial charge on any atom is 0.0926 e. The smallest absolute Gasteiger partial charge is 0.0926 e. The van der Waals surface area contributed by atoms with Crippen LogP contribution in [0, 0.1) is 0 Å². The van der Waals surface area contributed by atoms with Gasteiger partial charge in [-0.15, -0.1) is 0 Å². The fraction of sp³-hybridized carbons (Fsp3) is 0.308. The molecule has 3 rings (SSSR count). The summed E-state index contributed by atoms with van der Waals surface area (Å²) in [4.78, 5) is 0. The summed E-state index contributed by atoms with van der Waals surface area (Å²) in [7, 11) is 2.03. The van der Waals surface area contributed by atoms with Crippen LogP contribution in [0.5, 0.6) is 0 Å². The highest BCUT2D eigenvalue weighted by molar-refractivity contribution is 5.59. The lowest BCUT2D eigenvalue weighted by atomic mass is 9.98. The molecule has 2 aromatic rings. The normalized spacial score (nSPS) is 16.1. The van der Waals surface area contributed by atoms with Crippen molar-refractivity contribution in [1.82, 2.24) is 15.1 Å². The van der Waals surface area contributed by atoms with Gasteiger partial charge < -0.3 is 5.32 Å². The number of hydrogen-bond donors (Lipinski definition) is 1. The third kappa shape index (κ3) is 1.53. The van der Waals surface area contributed by atoms with Crippen LogP contribution in [0.1, 0.15) is 11.6 Å². The largest absolute Gasteiger partial charge is 0.315 e. The van der Waals surface area contributed by atoms with E-state index in [0.29, 0.717) is 5.92 Å². The zero-order valence-corrected chi connectivity index (χ0v) is 9.35. The molecule has 1 aromatic heterocycles. The second kappa shape index (κ2) is 3.76. The predicted molar refractivity (Wildman–Crippen MR) is 64.3 cm³/mol.